The Morgan fingerprint density at radius 3 is 2.52 bits per heavy atom. The standard InChI is InChI=1S/C39H51ClN6O6/c1-5-10-28(33(48)36(50)42-26-14-15-26)43-35(49)30-21-39(20-29(45-52-39)27-19-25(40)18-24-13-9-16-41-32(24)27)22-46(30)37(51)34(38(2,3)4)44-31(47)17-23-11-7-6-8-12-23/h9,13,16,18-20,23,26,28,30,34,45H,5-8,10-12,14-15,17,21-22H2,1-4H3,(H,42,50)(H,43,49)(H,44,47)/t28-,30-,34+,39+/m0/s1. The first-order valence-corrected chi connectivity index (χ1v) is 19.1. The molecule has 4 atom stereocenters. The predicted octanol–water partition coefficient (Wildman–Crippen LogP) is 4.74. The summed E-state index contributed by atoms with van der Waals surface area (Å²) in [5, 5.41) is 9.92. The van der Waals surface area contributed by atoms with E-state index in [0.717, 1.165) is 43.9 Å². The van der Waals surface area contributed by atoms with Crippen molar-refractivity contribution in [2.45, 2.75) is 128 Å². The van der Waals surface area contributed by atoms with E-state index in [4.69, 9.17) is 16.4 Å². The van der Waals surface area contributed by atoms with Crippen molar-refractivity contribution in [2.24, 2.45) is 11.3 Å². The van der Waals surface area contributed by atoms with E-state index in [1.165, 1.54) is 11.3 Å². The van der Waals surface area contributed by atoms with Crippen LogP contribution < -0.4 is 21.4 Å². The molecule has 1 aromatic carbocycles. The summed E-state index contributed by atoms with van der Waals surface area (Å²) in [4.78, 5) is 80.7. The van der Waals surface area contributed by atoms with Crippen LogP contribution >= 0.6 is 11.6 Å². The monoisotopic (exact) mass is 734 g/mol. The molecule has 2 aliphatic heterocycles. The first-order chi connectivity index (χ1) is 24.8. The molecule has 12 nitrogen and oxygen atoms in total. The molecular weight excluding hydrogens is 684 g/mol. The second kappa shape index (κ2) is 15.5. The average molecular weight is 735 g/mol. The topological polar surface area (TPSA) is 159 Å². The number of rotatable bonds is 12. The van der Waals surface area contributed by atoms with Crippen molar-refractivity contribution in [1.29, 1.82) is 0 Å². The van der Waals surface area contributed by atoms with Gasteiger partial charge in [0, 0.05) is 41.1 Å². The third kappa shape index (κ3) is 8.60. The first-order valence-electron chi connectivity index (χ1n) is 18.7. The van der Waals surface area contributed by atoms with Crippen LogP contribution in [0.1, 0.15) is 104 Å². The van der Waals surface area contributed by atoms with Crippen LogP contribution in [0.3, 0.4) is 0 Å². The van der Waals surface area contributed by atoms with Gasteiger partial charge in [-0.1, -0.05) is 71.0 Å². The highest BCUT2D eigenvalue weighted by atomic mass is 35.5. The number of aromatic nitrogens is 1. The molecule has 0 bridgehead atoms. The molecule has 1 spiro atoms. The molecular formula is C39H51ClN6O6. The lowest BCUT2D eigenvalue weighted by Crippen LogP contribution is -2.59. The summed E-state index contributed by atoms with van der Waals surface area (Å²) < 4.78 is 0. The van der Waals surface area contributed by atoms with Crippen LogP contribution in [0.25, 0.3) is 16.6 Å². The summed E-state index contributed by atoms with van der Waals surface area (Å²) in [6, 6.07) is 4.26. The highest BCUT2D eigenvalue weighted by molar-refractivity contribution is 6.38. The number of amides is 4. The van der Waals surface area contributed by atoms with E-state index < -0.39 is 52.6 Å². The largest absolute Gasteiger partial charge is 0.347 e. The Labute approximate surface area is 310 Å². The van der Waals surface area contributed by atoms with Crippen LogP contribution in [0.5, 0.6) is 0 Å². The van der Waals surface area contributed by atoms with Crippen molar-refractivity contribution in [1.82, 2.24) is 31.3 Å². The number of benzene rings is 1. The minimum atomic E-state index is -1.14. The maximum Gasteiger partial charge on any atom is 0.289 e. The van der Waals surface area contributed by atoms with Crippen molar-refractivity contribution in [2.75, 3.05) is 6.54 Å². The first kappa shape index (κ1) is 37.7. The lowest BCUT2D eigenvalue weighted by Gasteiger charge is -2.36. The Morgan fingerprint density at radius 1 is 1.08 bits per heavy atom. The summed E-state index contributed by atoms with van der Waals surface area (Å²) >= 11 is 6.50. The van der Waals surface area contributed by atoms with Crippen LogP contribution in [-0.2, 0) is 28.8 Å². The van der Waals surface area contributed by atoms with Crippen molar-refractivity contribution in [3.05, 3.63) is 47.1 Å². The number of carbonyl (C=O) groups is 5. The number of pyridine rings is 1. The number of carbonyl (C=O) groups excluding carboxylic acids is 5. The zero-order valence-electron chi connectivity index (χ0n) is 30.6. The van der Waals surface area contributed by atoms with Crippen molar-refractivity contribution < 1.29 is 28.8 Å². The van der Waals surface area contributed by atoms with Gasteiger partial charge in [-0.05, 0) is 67.7 Å². The van der Waals surface area contributed by atoms with E-state index >= 15 is 0 Å². The van der Waals surface area contributed by atoms with Crippen LogP contribution in [0.2, 0.25) is 5.02 Å². The molecule has 0 radical (unpaired) electrons. The second-order valence-corrected chi connectivity index (χ2v) is 16.5. The molecule has 13 heteroatoms. The molecule has 4 N–H and O–H groups in total. The fourth-order valence-electron chi connectivity index (χ4n) is 7.67. The number of ketones is 1. The number of likely N-dealkylation sites (tertiary alicyclic amines) is 1. The Balaban J connectivity index is 1.30. The summed E-state index contributed by atoms with van der Waals surface area (Å²) in [5.41, 5.74) is 3.16. The Bertz CT molecular complexity index is 1750. The minimum absolute atomic E-state index is 0.00796. The van der Waals surface area contributed by atoms with Gasteiger partial charge in [-0.3, -0.25) is 39.3 Å². The highest BCUT2D eigenvalue weighted by Crippen LogP contribution is 2.40. The summed E-state index contributed by atoms with van der Waals surface area (Å²) in [6.45, 7) is 7.51. The van der Waals surface area contributed by atoms with Crippen LogP contribution in [-0.4, -0.2) is 75.6 Å². The quantitative estimate of drug-likeness (QED) is 0.228. The van der Waals surface area contributed by atoms with Gasteiger partial charge in [-0.25, -0.2) is 0 Å². The number of nitrogens with one attached hydrogen (secondary N) is 4. The van der Waals surface area contributed by atoms with Gasteiger partial charge in [0.25, 0.3) is 5.91 Å². The van der Waals surface area contributed by atoms with Gasteiger partial charge >= 0.3 is 0 Å². The number of hydroxylamine groups is 1. The summed E-state index contributed by atoms with van der Waals surface area (Å²) in [7, 11) is 0. The fourth-order valence-corrected chi connectivity index (χ4v) is 7.90. The molecule has 1 saturated heterocycles. The molecule has 2 aromatic rings. The van der Waals surface area contributed by atoms with Crippen molar-refractivity contribution in [3.63, 3.8) is 0 Å². The van der Waals surface area contributed by atoms with E-state index in [9.17, 15) is 24.0 Å². The van der Waals surface area contributed by atoms with Crippen molar-refractivity contribution in [3.8, 4) is 0 Å². The maximum absolute atomic E-state index is 14.7. The lowest BCUT2D eigenvalue weighted by atomic mass is 9.84. The number of halogens is 1. The number of fused-ring (bicyclic) bond motifs is 1. The third-order valence-electron chi connectivity index (χ3n) is 10.6. The number of nitrogens with zero attached hydrogens (tertiary/aromatic N) is 2. The molecule has 6 rings (SSSR count). The second-order valence-electron chi connectivity index (χ2n) is 16.1. The van der Waals surface area contributed by atoms with Gasteiger partial charge < -0.3 is 20.9 Å². The minimum Gasteiger partial charge on any atom is -0.347 e. The van der Waals surface area contributed by atoms with Crippen LogP contribution in [0.15, 0.2) is 36.5 Å². The highest BCUT2D eigenvalue weighted by Gasteiger charge is 2.54. The molecule has 0 unspecified atom stereocenters. The Hall–Kier alpha value is -4.03. The van der Waals surface area contributed by atoms with E-state index in [1.807, 2.05) is 52.0 Å². The Kier molecular flexibility index (Phi) is 11.3. The van der Waals surface area contributed by atoms with Gasteiger partial charge in [0.05, 0.1) is 23.8 Å². The molecule has 280 valence electrons. The smallest absolute Gasteiger partial charge is 0.289 e. The SMILES string of the molecule is CCC[C@H](NC(=O)[C@@H]1C[C@]2(C=C(c3cc(Cl)cc4cccnc34)NO2)CN1C(=O)[C@@H](NC(=O)CC1CCCCC1)C(C)(C)C)C(=O)C(=O)NC1CC1. The summed E-state index contributed by atoms with van der Waals surface area (Å²) in [5.74, 6) is -2.33. The third-order valence-corrected chi connectivity index (χ3v) is 10.9. The number of hydrogen-bond donors (Lipinski definition) is 4. The normalized spacial score (nSPS) is 23.1. The van der Waals surface area contributed by atoms with Gasteiger partial charge in [-0.2, -0.15) is 0 Å². The van der Waals surface area contributed by atoms with E-state index in [1.54, 1.807) is 12.3 Å². The van der Waals surface area contributed by atoms with Gasteiger partial charge in [0.1, 0.15) is 17.7 Å². The zero-order valence-corrected chi connectivity index (χ0v) is 31.3. The lowest BCUT2D eigenvalue weighted by molar-refractivity contribution is -0.145. The van der Waals surface area contributed by atoms with E-state index in [2.05, 4.69) is 26.4 Å². The molecule has 2 saturated carbocycles. The Morgan fingerprint density at radius 2 is 1.83 bits per heavy atom. The number of hydrogen-bond acceptors (Lipinski definition) is 8. The maximum atomic E-state index is 14.7. The zero-order chi connectivity index (χ0) is 37.2. The summed E-state index contributed by atoms with van der Waals surface area (Å²) in [6.07, 6.45) is 11.7. The van der Waals surface area contributed by atoms with E-state index in [0.29, 0.717) is 34.6 Å². The molecule has 1 aromatic heterocycles. The van der Waals surface area contributed by atoms with Gasteiger partial charge in [-0.15, -0.1) is 0 Å². The molecule has 3 fully saturated rings. The molecule has 4 aliphatic rings. The van der Waals surface area contributed by atoms with Gasteiger partial charge in [0.15, 0.2) is 0 Å². The predicted molar refractivity (Wildman–Crippen MR) is 197 cm³/mol. The number of Topliss-reactive ketones (excluding diaryl/α,β-unsaturated/α-hetero) is 1. The molecule has 2 aliphatic carbocycles. The molecule has 4 amide bonds. The molecule has 3 heterocycles. The van der Waals surface area contributed by atoms with E-state index in [-0.39, 0.29) is 37.3 Å². The van der Waals surface area contributed by atoms with Crippen LogP contribution in [0, 0.1) is 11.3 Å². The van der Waals surface area contributed by atoms with Crippen molar-refractivity contribution >= 4 is 57.6 Å². The van der Waals surface area contributed by atoms with Crippen LogP contribution in [0.4, 0.5) is 0 Å². The fraction of sp³-hybridized carbons (Fsp3) is 0.590. The average Bonchev–Trinajstić information content (AvgIpc) is 3.70. The van der Waals surface area contributed by atoms with Gasteiger partial charge in [0.2, 0.25) is 23.5 Å². The molecule has 52 heavy (non-hydrogen) atoms.